The van der Waals surface area contributed by atoms with Crippen LogP contribution in [0, 0.1) is 24.0 Å². The molecule has 0 radical (unpaired) electrons. The summed E-state index contributed by atoms with van der Waals surface area (Å²) in [6.07, 6.45) is 2.15. The van der Waals surface area contributed by atoms with Crippen molar-refractivity contribution in [1.29, 1.82) is 0 Å². The topological polar surface area (TPSA) is 86.5 Å². The van der Waals surface area contributed by atoms with Crippen molar-refractivity contribution in [1.82, 2.24) is 9.38 Å². The van der Waals surface area contributed by atoms with Crippen LogP contribution in [-0.4, -0.2) is 20.9 Å². The summed E-state index contributed by atoms with van der Waals surface area (Å²) in [6, 6.07) is 9.20. The molecular weight excluding hydrogens is 292 g/mol. The van der Waals surface area contributed by atoms with Gasteiger partial charge in [-0.25, -0.2) is 4.98 Å². The molecule has 0 amide bonds. The smallest absolute Gasteiger partial charge is 0.286 e. The van der Waals surface area contributed by atoms with E-state index in [1.165, 1.54) is 17.8 Å². The fraction of sp³-hybridized carbons (Fsp3) is 0.235. The summed E-state index contributed by atoms with van der Waals surface area (Å²) in [7, 11) is 0. The molecule has 6 heteroatoms. The van der Waals surface area contributed by atoms with Crippen molar-refractivity contribution in [2.75, 3.05) is 6.54 Å². The van der Waals surface area contributed by atoms with Crippen molar-refractivity contribution in [2.45, 2.75) is 20.3 Å². The molecule has 0 aliphatic heterocycles. The Balaban J connectivity index is 2.35. The summed E-state index contributed by atoms with van der Waals surface area (Å²) in [5.74, 6) is 0. The molecule has 0 saturated heterocycles. The van der Waals surface area contributed by atoms with Crippen LogP contribution in [-0.2, 0) is 6.42 Å². The molecule has 0 atom stereocenters. The van der Waals surface area contributed by atoms with Crippen LogP contribution >= 0.6 is 0 Å². The van der Waals surface area contributed by atoms with E-state index in [0.29, 0.717) is 18.6 Å². The number of aromatic nitrogens is 2. The molecule has 0 spiro atoms. The minimum Gasteiger partial charge on any atom is -0.330 e. The van der Waals surface area contributed by atoms with Gasteiger partial charge in [0.25, 0.3) is 5.69 Å². The average Bonchev–Trinajstić information content (AvgIpc) is 2.87. The largest absolute Gasteiger partial charge is 0.330 e. The number of fused-ring (bicyclic) bond motifs is 1. The van der Waals surface area contributed by atoms with Crippen molar-refractivity contribution in [3.05, 3.63) is 63.5 Å². The Bertz CT molecular complexity index is 899. The second-order valence-corrected chi connectivity index (χ2v) is 5.57. The zero-order valence-corrected chi connectivity index (χ0v) is 13.1. The van der Waals surface area contributed by atoms with E-state index in [-0.39, 0.29) is 5.69 Å². The second kappa shape index (κ2) is 5.81. The minimum atomic E-state index is -0.394. The van der Waals surface area contributed by atoms with Gasteiger partial charge in [-0.2, -0.15) is 0 Å². The van der Waals surface area contributed by atoms with E-state index < -0.39 is 4.92 Å². The number of nitrogens with zero attached hydrogens (tertiary/aromatic N) is 3. The first kappa shape index (κ1) is 15.2. The third kappa shape index (κ3) is 2.57. The third-order valence-electron chi connectivity index (χ3n) is 4.13. The van der Waals surface area contributed by atoms with Gasteiger partial charge in [0.15, 0.2) is 0 Å². The van der Waals surface area contributed by atoms with E-state index in [1.807, 2.05) is 32.0 Å². The van der Waals surface area contributed by atoms with Crippen molar-refractivity contribution in [3.8, 4) is 11.3 Å². The van der Waals surface area contributed by atoms with Crippen LogP contribution in [0.1, 0.15) is 16.8 Å². The van der Waals surface area contributed by atoms with Gasteiger partial charge >= 0.3 is 0 Å². The van der Waals surface area contributed by atoms with Gasteiger partial charge in [-0.05, 0) is 37.6 Å². The molecule has 2 N–H and O–H groups in total. The second-order valence-electron chi connectivity index (χ2n) is 5.57. The predicted molar refractivity (Wildman–Crippen MR) is 89.5 cm³/mol. The van der Waals surface area contributed by atoms with Crippen LogP contribution in [0.5, 0.6) is 0 Å². The van der Waals surface area contributed by atoms with Gasteiger partial charge in [0, 0.05) is 18.1 Å². The number of hydrogen-bond donors (Lipinski definition) is 1. The van der Waals surface area contributed by atoms with E-state index in [1.54, 1.807) is 10.5 Å². The first-order valence-electron chi connectivity index (χ1n) is 7.45. The molecule has 0 aliphatic rings. The Hall–Kier alpha value is -2.73. The van der Waals surface area contributed by atoms with Crippen LogP contribution in [0.15, 0.2) is 36.5 Å². The highest BCUT2D eigenvalue weighted by Crippen LogP contribution is 2.31. The van der Waals surface area contributed by atoms with Crippen LogP contribution in [0.25, 0.3) is 16.9 Å². The quantitative estimate of drug-likeness (QED) is 0.593. The third-order valence-corrected chi connectivity index (χ3v) is 4.13. The summed E-state index contributed by atoms with van der Waals surface area (Å²) >= 11 is 0. The number of aryl methyl sites for hydroxylation is 1. The zero-order chi connectivity index (χ0) is 16.6. The average molecular weight is 310 g/mol. The number of nitrogens with two attached hydrogens (primary N) is 1. The molecule has 3 aromatic rings. The van der Waals surface area contributed by atoms with E-state index in [0.717, 1.165) is 22.5 Å². The highest BCUT2D eigenvalue weighted by atomic mass is 16.6. The highest BCUT2D eigenvalue weighted by Gasteiger charge is 2.18. The van der Waals surface area contributed by atoms with Gasteiger partial charge in [0.05, 0.1) is 22.5 Å². The number of rotatable bonds is 4. The first-order valence-corrected chi connectivity index (χ1v) is 7.45. The maximum Gasteiger partial charge on any atom is 0.286 e. The highest BCUT2D eigenvalue weighted by molar-refractivity contribution is 5.72. The van der Waals surface area contributed by atoms with E-state index >= 15 is 0 Å². The van der Waals surface area contributed by atoms with E-state index in [2.05, 4.69) is 4.98 Å². The number of nitro groups is 1. The lowest BCUT2D eigenvalue weighted by molar-refractivity contribution is -0.385. The van der Waals surface area contributed by atoms with Crippen molar-refractivity contribution in [3.63, 3.8) is 0 Å². The molecule has 6 nitrogen and oxygen atoms in total. The summed E-state index contributed by atoms with van der Waals surface area (Å²) in [4.78, 5) is 15.3. The molecular formula is C17H18N4O2. The normalized spacial score (nSPS) is 11.1. The maximum atomic E-state index is 11.1. The molecule has 23 heavy (non-hydrogen) atoms. The van der Waals surface area contributed by atoms with Gasteiger partial charge in [-0.1, -0.05) is 18.2 Å². The van der Waals surface area contributed by atoms with Crippen molar-refractivity contribution >= 4 is 11.3 Å². The van der Waals surface area contributed by atoms with Crippen molar-refractivity contribution < 1.29 is 4.92 Å². The number of imidazole rings is 1. The number of benzene rings is 1. The molecule has 0 bridgehead atoms. The molecule has 3 rings (SSSR count). The van der Waals surface area contributed by atoms with Gasteiger partial charge in [-0.3, -0.25) is 14.5 Å². The molecule has 1 aromatic carbocycles. The fourth-order valence-electron chi connectivity index (χ4n) is 2.79. The molecule has 0 saturated carbocycles. The summed E-state index contributed by atoms with van der Waals surface area (Å²) in [5.41, 5.74) is 11.5. The lowest BCUT2D eigenvalue weighted by Gasteiger charge is -2.10. The Morgan fingerprint density at radius 1 is 1.26 bits per heavy atom. The lowest BCUT2D eigenvalue weighted by Crippen LogP contribution is -2.05. The Labute approximate surface area is 133 Å². The summed E-state index contributed by atoms with van der Waals surface area (Å²) < 4.78 is 1.80. The molecule has 118 valence electrons. The minimum absolute atomic E-state index is 0.0424. The summed E-state index contributed by atoms with van der Waals surface area (Å²) in [5, 5.41) is 11.1. The summed E-state index contributed by atoms with van der Waals surface area (Å²) in [6.45, 7) is 4.57. The van der Waals surface area contributed by atoms with E-state index in [4.69, 9.17) is 5.73 Å². The monoisotopic (exact) mass is 310 g/mol. The zero-order valence-electron chi connectivity index (χ0n) is 13.1. The maximum absolute atomic E-state index is 11.1. The van der Waals surface area contributed by atoms with Crippen LogP contribution < -0.4 is 5.73 Å². The molecule has 0 fully saturated rings. The standard InChI is InChI=1S/C17H18N4O2/c1-11-4-3-5-14(12(11)2)17-15(8-9-18)19-16-7-6-13(21(22)23)10-20(16)17/h3-7,10H,8-9,18H2,1-2H3. The number of pyridine rings is 1. The molecule has 2 heterocycles. The number of hydrogen-bond acceptors (Lipinski definition) is 4. The molecule has 0 unspecified atom stereocenters. The van der Waals surface area contributed by atoms with Crippen LogP contribution in [0.3, 0.4) is 0 Å². The first-order chi connectivity index (χ1) is 11.0. The van der Waals surface area contributed by atoms with Gasteiger partial charge < -0.3 is 5.73 Å². The van der Waals surface area contributed by atoms with E-state index in [9.17, 15) is 10.1 Å². The van der Waals surface area contributed by atoms with Gasteiger partial charge in [0.1, 0.15) is 5.65 Å². The lowest BCUT2D eigenvalue weighted by atomic mass is 9.99. The Morgan fingerprint density at radius 2 is 2.04 bits per heavy atom. The Kier molecular flexibility index (Phi) is 3.83. The predicted octanol–water partition coefficient (Wildman–Crippen LogP) is 3.03. The SMILES string of the molecule is Cc1cccc(-c2c(CCN)nc3ccc([N+](=O)[O-])cn23)c1C. The van der Waals surface area contributed by atoms with Crippen LogP contribution in [0.2, 0.25) is 0 Å². The fourth-order valence-corrected chi connectivity index (χ4v) is 2.79. The van der Waals surface area contributed by atoms with Gasteiger partial charge in [0.2, 0.25) is 0 Å². The molecule has 0 aliphatic carbocycles. The van der Waals surface area contributed by atoms with Crippen molar-refractivity contribution in [2.24, 2.45) is 5.73 Å². The molecule has 2 aromatic heterocycles. The van der Waals surface area contributed by atoms with Gasteiger partial charge in [-0.15, -0.1) is 0 Å². The van der Waals surface area contributed by atoms with Crippen LogP contribution in [0.4, 0.5) is 5.69 Å². The Morgan fingerprint density at radius 3 is 2.74 bits per heavy atom.